The number of nitrogens with zero attached hydrogens (tertiary/aromatic N) is 2. The van der Waals surface area contributed by atoms with E-state index in [-0.39, 0.29) is 0 Å². The Bertz CT molecular complexity index is 495. The van der Waals surface area contributed by atoms with Crippen LogP contribution in [0.25, 0.3) is 10.9 Å². The van der Waals surface area contributed by atoms with Gasteiger partial charge in [0.25, 0.3) is 0 Å². The van der Waals surface area contributed by atoms with Crippen LogP contribution in [0.5, 0.6) is 0 Å². The predicted molar refractivity (Wildman–Crippen MR) is 71.8 cm³/mol. The van der Waals surface area contributed by atoms with Crippen LogP contribution in [0.15, 0.2) is 36.5 Å². The molecule has 0 bridgehead atoms. The molecule has 0 amide bonds. The fourth-order valence-corrected chi connectivity index (χ4v) is 2.53. The van der Waals surface area contributed by atoms with Crippen LogP contribution in [0.3, 0.4) is 0 Å². The van der Waals surface area contributed by atoms with E-state index in [1.54, 1.807) is 0 Å². The molecule has 17 heavy (non-hydrogen) atoms. The summed E-state index contributed by atoms with van der Waals surface area (Å²) in [6.07, 6.45) is 4.58. The van der Waals surface area contributed by atoms with Gasteiger partial charge >= 0.3 is 0 Å². The van der Waals surface area contributed by atoms with E-state index >= 15 is 0 Å². The maximum absolute atomic E-state index is 3.61. The molecule has 3 heteroatoms. The van der Waals surface area contributed by atoms with Crippen LogP contribution in [0.2, 0.25) is 0 Å². The number of nitrogens with one attached hydrogen (secondary N) is 1. The van der Waals surface area contributed by atoms with Crippen LogP contribution < -0.4 is 5.43 Å². The van der Waals surface area contributed by atoms with E-state index in [0.717, 1.165) is 0 Å². The second-order valence-electron chi connectivity index (χ2n) is 4.95. The molecule has 3 nitrogen and oxygen atoms in total. The molecule has 1 aromatic carbocycles. The largest absolute Gasteiger partial charge is 0.323 e. The molecule has 0 spiro atoms. The van der Waals surface area contributed by atoms with Crippen molar-refractivity contribution in [3.8, 4) is 0 Å². The van der Waals surface area contributed by atoms with Crippen molar-refractivity contribution in [3.05, 3.63) is 36.5 Å². The van der Waals surface area contributed by atoms with Gasteiger partial charge in [-0.2, -0.15) is 0 Å². The first-order chi connectivity index (χ1) is 8.33. The number of benzene rings is 1. The second-order valence-corrected chi connectivity index (χ2v) is 4.95. The smallest absolute Gasteiger partial charge is 0.0692 e. The highest BCUT2D eigenvalue weighted by Gasteiger charge is 2.16. The lowest BCUT2D eigenvalue weighted by atomic mass is 10.1. The Hall–Kier alpha value is -1.48. The first kappa shape index (κ1) is 10.7. The molecule has 0 radical (unpaired) electrons. The van der Waals surface area contributed by atoms with Crippen molar-refractivity contribution in [3.63, 3.8) is 0 Å². The summed E-state index contributed by atoms with van der Waals surface area (Å²) in [6.45, 7) is 2.38. The van der Waals surface area contributed by atoms with Gasteiger partial charge in [-0.05, 0) is 45.1 Å². The number of piperidine rings is 1. The van der Waals surface area contributed by atoms with Crippen LogP contribution in [-0.4, -0.2) is 35.8 Å². The quantitative estimate of drug-likeness (QED) is 0.852. The minimum Gasteiger partial charge on any atom is -0.323 e. The Morgan fingerprint density at radius 3 is 2.71 bits per heavy atom. The summed E-state index contributed by atoms with van der Waals surface area (Å²) in [5.41, 5.74) is 4.88. The maximum Gasteiger partial charge on any atom is 0.0692 e. The molecule has 2 aromatic rings. The third kappa shape index (κ3) is 2.15. The van der Waals surface area contributed by atoms with E-state index in [4.69, 9.17) is 0 Å². The number of aromatic nitrogens is 1. The van der Waals surface area contributed by atoms with Crippen LogP contribution >= 0.6 is 0 Å². The van der Waals surface area contributed by atoms with Gasteiger partial charge in [0, 0.05) is 17.6 Å². The molecule has 3 rings (SSSR count). The zero-order valence-electron chi connectivity index (χ0n) is 10.3. The van der Waals surface area contributed by atoms with Gasteiger partial charge in [0.2, 0.25) is 0 Å². The highest BCUT2D eigenvalue weighted by Crippen LogP contribution is 2.16. The van der Waals surface area contributed by atoms with E-state index in [1.807, 2.05) is 0 Å². The SMILES string of the molecule is CN1CCC(Nn2ccc3ccccc32)CC1. The molecule has 90 valence electrons. The maximum atomic E-state index is 3.61. The van der Waals surface area contributed by atoms with E-state index in [0.29, 0.717) is 6.04 Å². The minimum atomic E-state index is 0.599. The van der Waals surface area contributed by atoms with Crippen LogP contribution in [0.4, 0.5) is 0 Å². The standard InChI is InChI=1S/C14H19N3/c1-16-9-7-13(8-10-16)15-17-11-6-12-4-2-3-5-14(12)17/h2-6,11,13,15H,7-10H2,1H3. The van der Waals surface area contributed by atoms with Crippen molar-refractivity contribution >= 4 is 10.9 Å². The topological polar surface area (TPSA) is 20.2 Å². The highest BCUT2D eigenvalue weighted by molar-refractivity contribution is 5.80. The average molecular weight is 229 g/mol. The monoisotopic (exact) mass is 229 g/mol. The third-order valence-corrected chi connectivity index (χ3v) is 3.64. The molecule has 1 aromatic heterocycles. The molecule has 1 aliphatic rings. The average Bonchev–Trinajstić information content (AvgIpc) is 2.76. The van der Waals surface area contributed by atoms with Crippen molar-refractivity contribution in [2.45, 2.75) is 18.9 Å². The van der Waals surface area contributed by atoms with E-state index in [9.17, 15) is 0 Å². The number of hydrogen-bond acceptors (Lipinski definition) is 2. The fourth-order valence-electron chi connectivity index (χ4n) is 2.53. The molecular weight excluding hydrogens is 210 g/mol. The summed E-state index contributed by atoms with van der Waals surface area (Å²) >= 11 is 0. The van der Waals surface area contributed by atoms with Gasteiger partial charge in [-0.3, -0.25) is 4.68 Å². The van der Waals surface area contributed by atoms with E-state index in [1.165, 1.54) is 36.8 Å². The van der Waals surface area contributed by atoms with Crippen molar-refractivity contribution < 1.29 is 0 Å². The summed E-state index contributed by atoms with van der Waals surface area (Å²) in [5.74, 6) is 0. The van der Waals surface area contributed by atoms with Crippen molar-refractivity contribution in [2.24, 2.45) is 0 Å². The predicted octanol–water partition coefficient (Wildman–Crippen LogP) is 2.28. The molecule has 1 aliphatic heterocycles. The number of fused-ring (bicyclic) bond motifs is 1. The number of para-hydroxylation sites is 1. The first-order valence-corrected chi connectivity index (χ1v) is 6.34. The molecule has 2 heterocycles. The normalized spacial score (nSPS) is 18.6. The molecule has 0 unspecified atom stereocenters. The third-order valence-electron chi connectivity index (χ3n) is 3.64. The van der Waals surface area contributed by atoms with E-state index < -0.39 is 0 Å². The minimum absolute atomic E-state index is 0.599. The molecule has 1 fully saturated rings. The second kappa shape index (κ2) is 4.41. The lowest BCUT2D eigenvalue weighted by molar-refractivity contribution is 0.258. The van der Waals surface area contributed by atoms with Gasteiger partial charge in [0.15, 0.2) is 0 Å². The van der Waals surface area contributed by atoms with Crippen LogP contribution in [0.1, 0.15) is 12.8 Å². The Labute approximate surface area is 102 Å². The molecule has 0 saturated carbocycles. The summed E-state index contributed by atoms with van der Waals surface area (Å²) in [7, 11) is 2.20. The Morgan fingerprint density at radius 2 is 1.88 bits per heavy atom. The zero-order chi connectivity index (χ0) is 11.7. The number of likely N-dealkylation sites (tertiary alicyclic amines) is 1. The summed E-state index contributed by atoms with van der Waals surface area (Å²) in [6, 6.07) is 11.3. The van der Waals surface area contributed by atoms with Gasteiger partial charge in [-0.1, -0.05) is 18.2 Å². The van der Waals surface area contributed by atoms with Gasteiger partial charge in [0.05, 0.1) is 5.52 Å². The lowest BCUT2D eigenvalue weighted by Crippen LogP contribution is -2.39. The number of hydrogen-bond donors (Lipinski definition) is 1. The highest BCUT2D eigenvalue weighted by atomic mass is 15.4. The summed E-state index contributed by atoms with van der Waals surface area (Å²) in [4.78, 5) is 2.39. The fraction of sp³-hybridized carbons (Fsp3) is 0.429. The van der Waals surface area contributed by atoms with Gasteiger partial charge in [-0.25, -0.2) is 0 Å². The van der Waals surface area contributed by atoms with Crippen molar-refractivity contribution in [1.29, 1.82) is 0 Å². The van der Waals surface area contributed by atoms with Crippen LogP contribution in [-0.2, 0) is 0 Å². The van der Waals surface area contributed by atoms with Crippen molar-refractivity contribution in [2.75, 3.05) is 25.6 Å². The van der Waals surface area contributed by atoms with Gasteiger partial charge < -0.3 is 10.3 Å². The zero-order valence-corrected chi connectivity index (χ0v) is 10.3. The molecule has 1 N–H and O–H groups in total. The Kier molecular flexibility index (Phi) is 2.77. The summed E-state index contributed by atoms with van der Waals surface area (Å²) < 4.78 is 2.17. The molecular formula is C14H19N3. The molecule has 0 atom stereocenters. The van der Waals surface area contributed by atoms with Crippen molar-refractivity contribution in [1.82, 2.24) is 9.58 Å². The Morgan fingerprint density at radius 1 is 1.12 bits per heavy atom. The Balaban J connectivity index is 1.76. The lowest BCUT2D eigenvalue weighted by Gasteiger charge is -2.30. The molecule has 1 saturated heterocycles. The first-order valence-electron chi connectivity index (χ1n) is 6.34. The van der Waals surface area contributed by atoms with Gasteiger partial charge in [-0.15, -0.1) is 0 Å². The van der Waals surface area contributed by atoms with Gasteiger partial charge in [0.1, 0.15) is 0 Å². The summed E-state index contributed by atoms with van der Waals surface area (Å²) in [5, 5.41) is 1.30. The molecule has 0 aliphatic carbocycles. The number of rotatable bonds is 2. The van der Waals surface area contributed by atoms with Crippen LogP contribution in [0, 0.1) is 0 Å². The van der Waals surface area contributed by atoms with E-state index in [2.05, 4.69) is 58.6 Å².